The van der Waals surface area contributed by atoms with Gasteiger partial charge in [0.15, 0.2) is 0 Å². The minimum Gasteiger partial charge on any atom is -0.365 e. The van der Waals surface area contributed by atoms with Gasteiger partial charge in [-0.25, -0.2) is 9.37 Å². The van der Waals surface area contributed by atoms with Crippen LogP contribution in [-0.4, -0.2) is 49.3 Å². The molecule has 2 atom stereocenters. The summed E-state index contributed by atoms with van der Waals surface area (Å²) in [5.74, 6) is -1.17. The van der Waals surface area contributed by atoms with Crippen molar-refractivity contribution in [3.8, 4) is 17.3 Å². The maximum absolute atomic E-state index is 12.6. The van der Waals surface area contributed by atoms with E-state index in [1.165, 1.54) is 11.3 Å². The number of benzene rings is 1. The Morgan fingerprint density at radius 2 is 2.20 bits per heavy atom. The third-order valence-corrected chi connectivity index (χ3v) is 5.70. The average molecular weight is 431 g/mol. The molecular weight excluding hydrogens is 407 g/mol. The first kappa shape index (κ1) is 22.0. The number of hydrogen-bond donors (Lipinski definition) is 2. The Labute approximate surface area is 178 Å². The van der Waals surface area contributed by atoms with Crippen molar-refractivity contribution in [2.75, 3.05) is 26.4 Å². The molecule has 2 amide bonds. The minimum atomic E-state index is -0.999. The second-order valence-corrected chi connectivity index (χ2v) is 7.91. The van der Waals surface area contributed by atoms with E-state index in [1.807, 2.05) is 5.38 Å². The van der Waals surface area contributed by atoms with E-state index in [9.17, 15) is 14.0 Å². The summed E-state index contributed by atoms with van der Waals surface area (Å²) >= 11 is 1.36. The normalized spacial score (nSPS) is 17.1. The summed E-state index contributed by atoms with van der Waals surface area (Å²) in [6.45, 7) is 0.449. The number of nitrogens with zero attached hydrogens (tertiary/aromatic N) is 2. The van der Waals surface area contributed by atoms with Crippen LogP contribution in [0.3, 0.4) is 0 Å². The standard InChI is InChI=1S/C21H23FN4O3S/c22-7-9-29-18(21(28)26-20(27)16-2-1-8-24-12-16)10-19-25-17(13-30-19)15-5-3-14(11-23)4-6-15/h3-6,13,16,18,24H,1-2,7-10,12H2,(H,26,27,28)/t16?,18-/m0/s1. The molecule has 1 unspecified atom stereocenters. The largest absolute Gasteiger partial charge is 0.365 e. The van der Waals surface area contributed by atoms with E-state index in [1.54, 1.807) is 24.3 Å². The van der Waals surface area contributed by atoms with Crippen LogP contribution in [0.4, 0.5) is 4.39 Å². The minimum absolute atomic E-state index is 0.142. The summed E-state index contributed by atoms with van der Waals surface area (Å²) in [5, 5.41) is 16.9. The number of nitrogens with one attached hydrogen (secondary N) is 2. The molecule has 1 aromatic heterocycles. The highest BCUT2D eigenvalue weighted by atomic mass is 32.1. The number of halogens is 1. The number of aromatic nitrogens is 1. The predicted molar refractivity (Wildman–Crippen MR) is 110 cm³/mol. The molecule has 0 saturated carbocycles. The lowest BCUT2D eigenvalue weighted by Gasteiger charge is -2.22. The number of ether oxygens (including phenoxy) is 1. The Hall–Kier alpha value is -2.67. The van der Waals surface area contributed by atoms with E-state index in [0.29, 0.717) is 22.8 Å². The lowest BCUT2D eigenvalue weighted by molar-refractivity contribution is -0.140. The second kappa shape index (κ2) is 10.9. The Balaban J connectivity index is 1.65. The van der Waals surface area contributed by atoms with Gasteiger partial charge in [-0.3, -0.25) is 14.9 Å². The molecule has 0 radical (unpaired) electrons. The van der Waals surface area contributed by atoms with Gasteiger partial charge >= 0.3 is 0 Å². The number of carbonyl (C=O) groups is 2. The van der Waals surface area contributed by atoms with Crippen LogP contribution >= 0.6 is 11.3 Å². The number of imide groups is 1. The highest BCUT2D eigenvalue weighted by Crippen LogP contribution is 2.23. The second-order valence-electron chi connectivity index (χ2n) is 6.96. The van der Waals surface area contributed by atoms with Crippen LogP contribution in [0, 0.1) is 17.2 Å². The molecule has 1 saturated heterocycles. The van der Waals surface area contributed by atoms with Crippen LogP contribution in [0.2, 0.25) is 0 Å². The van der Waals surface area contributed by atoms with Crippen LogP contribution in [0.15, 0.2) is 29.6 Å². The number of alkyl halides is 1. The molecule has 7 nitrogen and oxygen atoms in total. The summed E-state index contributed by atoms with van der Waals surface area (Å²) < 4.78 is 18.0. The van der Waals surface area contributed by atoms with Gasteiger partial charge in [0.1, 0.15) is 12.8 Å². The van der Waals surface area contributed by atoms with Gasteiger partial charge in [0.2, 0.25) is 5.91 Å². The van der Waals surface area contributed by atoms with Gasteiger partial charge in [-0.05, 0) is 31.5 Å². The maximum atomic E-state index is 12.6. The highest BCUT2D eigenvalue weighted by molar-refractivity contribution is 7.10. The Morgan fingerprint density at radius 3 is 2.87 bits per heavy atom. The SMILES string of the molecule is N#Cc1ccc(-c2csc(C[C@H](OCCF)C(=O)NC(=O)C3CCCNC3)n2)cc1. The van der Waals surface area contributed by atoms with Gasteiger partial charge in [0, 0.05) is 23.9 Å². The van der Waals surface area contributed by atoms with Crippen molar-refractivity contribution >= 4 is 23.2 Å². The molecule has 1 aliphatic rings. The summed E-state index contributed by atoms with van der Waals surface area (Å²) in [7, 11) is 0. The molecule has 1 aromatic carbocycles. The fraction of sp³-hybridized carbons (Fsp3) is 0.429. The number of hydrogen-bond acceptors (Lipinski definition) is 7. The third-order valence-electron chi connectivity index (χ3n) is 4.82. The molecule has 2 aromatic rings. The van der Waals surface area contributed by atoms with Crippen LogP contribution < -0.4 is 10.6 Å². The van der Waals surface area contributed by atoms with E-state index in [2.05, 4.69) is 21.7 Å². The zero-order valence-corrected chi connectivity index (χ0v) is 17.2. The average Bonchev–Trinajstić information content (AvgIpc) is 3.25. The van der Waals surface area contributed by atoms with Gasteiger partial charge in [0.05, 0.1) is 34.9 Å². The first-order valence-electron chi connectivity index (χ1n) is 9.78. The van der Waals surface area contributed by atoms with Gasteiger partial charge in [0.25, 0.3) is 5.91 Å². The van der Waals surface area contributed by atoms with Crippen molar-refractivity contribution in [1.29, 1.82) is 5.26 Å². The summed E-state index contributed by atoms with van der Waals surface area (Å²) in [4.78, 5) is 29.5. The number of rotatable bonds is 8. The van der Waals surface area contributed by atoms with Crippen molar-refractivity contribution in [1.82, 2.24) is 15.6 Å². The number of nitriles is 1. The Morgan fingerprint density at radius 1 is 1.40 bits per heavy atom. The number of amides is 2. The van der Waals surface area contributed by atoms with E-state index >= 15 is 0 Å². The molecule has 158 valence electrons. The molecular formula is C21H23FN4O3S. The molecule has 0 bridgehead atoms. The molecule has 2 N–H and O–H groups in total. The lowest BCUT2D eigenvalue weighted by atomic mass is 9.99. The Bertz CT molecular complexity index is 904. The van der Waals surface area contributed by atoms with Gasteiger partial charge in [-0.1, -0.05) is 12.1 Å². The molecule has 1 aliphatic heterocycles. The van der Waals surface area contributed by atoms with E-state index in [0.717, 1.165) is 24.9 Å². The van der Waals surface area contributed by atoms with Gasteiger partial charge in [-0.2, -0.15) is 5.26 Å². The van der Waals surface area contributed by atoms with Crippen molar-refractivity contribution in [2.24, 2.45) is 5.92 Å². The van der Waals surface area contributed by atoms with Crippen LogP contribution in [-0.2, 0) is 20.7 Å². The van der Waals surface area contributed by atoms with Gasteiger partial charge in [-0.15, -0.1) is 11.3 Å². The Kier molecular flexibility index (Phi) is 8.02. The summed E-state index contributed by atoms with van der Waals surface area (Å²) in [5.41, 5.74) is 2.12. The molecule has 3 rings (SSSR count). The lowest BCUT2D eigenvalue weighted by Crippen LogP contribution is -2.47. The number of carbonyl (C=O) groups excluding carboxylic acids is 2. The van der Waals surface area contributed by atoms with E-state index in [4.69, 9.17) is 10.00 Å². The molecule has 30 heavy (non-hydrogen) atoms. The summed E-state index contributed by atoms with van der Waals surface area (Å²) in [6.07, 6.45) is 0.748. The van der Waals surface area contributed by atoms with E-state index in [-0.39, 0.29) is 24.9 Å². The first-order valence-corrected chi connectivity index (χ1v) is 10.7. The van der Waals surface area contributed by atoms with Crippen molar-refractivity contribution < 1.29 is 18.7 Å². The maximum Gasteiger partial charge on any atom is 0.256 e. The molecule has 0 aliphatic carbocycles. The van der Waals surface area contributed by atoms with Crippen molar-refractivity contribution in [3.05, 3.63) is 40.2 Å². The smallest absolute Gasteiger partial charge is 0.256 e. The third kappa shape index (κ3) is 5.92. The van der Waals surface area contributed by atoms with Crippen LogP contribution in [0.5, 0.6) is 0 Å². The fourth-order valence-electron chi connectivity index (χ4n) is 3.21. The topological polar surface area (TPSA) is 104 Å². The number of thiazole rings is 1. The monoisotopic (exact) mass is 430 g/mol. The molecule has 2 heterocycles. The van der Waals surface area contributed by atoms with Gasteiger partial charge < -0.3 is 10.1 Å². The first-order chi connectivity index (χ1) is 14.6. The van der Waals surface area contributed by atoms with Crippen molar-refractivity contribution in [2.45, 2.75) is 25.4 Å². The molecule has 0 spiro atoms. The number of piperidine rings is 1. The molecule has 1 fully saturated rings. The molecule has 9 heteroatoms. The van der Waals surface area contributed by atoms with Crippen LogP contribution in [0.25, 0.3) is 11.3 Å². The highest BCUT2D eigenvalue weighted by Gasteiger charge is 2.27. The predicted octanol–water partition coefficient (Wildman–Crippen LogP) is 2.22. The fourth-order valence-corrected chi connectivity index (χ4v) is 4.04. The van der Waals surface area contributed by atoms with E-state index < -0.39 is 18.7 Å². The van der Waals surface area contributed by atoms with Crippen molar-refractivity contribution in [3.63, 3.8) is 0 Å². The zero-order valence-electron chi connectivity index (χ0n) is 16.4. The summed E-state index contributed by atoms with van der Waals surface area (Å²) in [6, 6.07) is 9.09. The zero-order chi connectivity index (χ0) is 21.3. The van der Waals surface area contributed by atoms with Crippen LogP contribution in [0.1, 0.15) is 23.4 Å². The quantitative estimate of drug-likeness (QED) is 0.666.